The summed E-state index contributed by atoms with van der Waals surface area (Å²) in [4.78, 5) is 11.5. The van der Waals surface area contributed by atoms with Crippen molar-refractivity contribution in [2.45, 2.75) is 39.0 Å². The summed E-state index contributed by atoms with van der Waals surface area (Å²) in [6.07, 6.45) is -0.130. The molecule has 0 aliphatic carbocycles. The lowest BCUT2D eigenvalue weighted by Gasteiger charge is -2.18. The zero-order valence-corrected chi connectivity index (χ0v) is 16.5. The molecule has 6 nitrogen and oxygen atoms in total. The van der Waals surface area contributed by atoms with Crippen LogP contribution in [0.3, 0.4) is 0 Å². The van der Waals surface area contributed by atoms with Gasteiger partial charge in [-0.3, -0.25) is 4.79 Å². The van der Waals surface area contributed by atoms with Gasteiger partial charge in [-0.25, -0.2) is 0 Å². The number of aryl methyl sites for hydroxylation is 1. The molecule has 0 fully saturated rings. The van der Waals surface area contributed by atoms with E-state index in [2.05, 4.69) is 30.1 Å². The second kappa shape index (κ2) is 8.25. The van der Waals surface area contributed by atoms with Gasteiger partial charge in [-0.05, 0) is 28.7 Å². The molecular weight excluding hydrogens is 356 g/mol. The summed E-state index contributed by atoms with van der Waals surface area (Å²) < 4.78 is 11.1. The number of hydrogen-bond donors (Lipinski definition) is 1. The maximum atomic E-state index is 11.5. The van der Waals surface area contributed by atoms with E-state index in [1.807, 2.05) is 36.4 Å². The van der Waals surface area contributed by atoms with Gasteiger partial charge >= 0.3 is 5.97 Å². The molecule has 146 valence electrons. The van der Waals surface area contributed by atoms with Crippen molar-refractivity contribution in [1.29, 1.82) is 0 Å². The van der Waals surface area contributed by atoms with Crippen molar-refractivity contribution in [2.24, 2.45) is 0 Å². The van der Waals surface area contributed by atoms with Crippen molar-refractivity contribution in [2.75, 3.05) is 7.11 Å². The molecule has 0 bridgehead atoms. The van der Waals surface area contributed by atoms with Crippen LogP contribution in [0.4, 0.5) is 0 Å². The second-order valence-electron chi connectivity index (χ2n) is 7.05. The van der Waals surface area contributed by atoms with E-state index in [0.717, 1.165) is 28.0 Å². The summed E-state index contributed by atoms with van der Waals surface area (Å²) >= 11 is 0. The Kier molecular flexibility index (Phi) is 5.78. The lowest BCUT2D eigenvalue weighted by Crippen LogP contribution is -2.09. The zero-order chi connectivity index (χ0) is 20.3. The Morgan fingerprint density at radius 2 is 1.86 bits per heavy atom. The minimum atomic E-state index is -0.922. The van der Waals surface area contributed by atoms with E-state index in [-0.39, 0.29) is 12.3 Å². The topological polar surface area (TPSA) is 85.5 Å². The lowest BCUT2D eigenvalue weighted by molar-refractivity contribution is -0.137. The summed E-state index contributed by atoms with van der Waals surface area (Å²) in [5.74, 6) is 0.309. The lowest BCUT2D eigenvalue weighted by atomic mass is 9.88. The molecule has 0 aliphatic rings. The fourth-order valence-electron chi connectivity index (χ4n) is 3.22. The molecule has 28 heavy (non-hydrogen) atoms. The molecular formula is C22H24N2O4. The highest BCUT2D eigenvalue weighted by atomic mass is 16.5. The highest BCUT2D eigenvalue weighted by Gasteiger charge is 2.25. The monoisotopic (exact) mass is 380 g/mol. The quantitative estimate of drug-likeness (QED) is 0.635. The van der Waals surface area contributed by atoms with Gasteiger partial charge < -0.3 is 14.3 Å². The predicted molar refractivity (Wildman–Crippen MR) is 106 cm³/mol. The maximum absolute atomic E-state index is 11.5. The van der Waals surface area contributed by atoms with Gasteiger partial charge in [0.25, 0.3) is 0 Å². The van der Waals surface area contributed by atoms with Gasteiger partial charge in [0.1, 0.15) is 5.75 Å². The van der Waals surface area contributed by atoms with Crippen LogP contribution >= 0.6 is 0 Å². The predicted octanol–water partition coefficient (Wildman–Crippen LogP) is 4.78. The highest BCUT2D eigenvalue weighted by Crippen LogP contribution is 2.36. The van der Waals surface area contributed by atoms with Crippen molar-refractivity contribution in [3.8, 4) is 16.9 Å². The van der Waals surface area contributed by atoms with E-state index in [9.17, 15) is 9.90 Å². The molecule has 3 rings (SSSR count). The number of aliphatic carboxylic acids is 1. The Morgan fingerprint density at radius 3 is 2.46 bits per heavy atom. The standard InChI is InChI=1S/C22H24N2O4/c1-13(2)15-9-16(18-7-5-6-8-20(18)27-4)11-17(10-15)19(12-21(25)26)22-24-23-14(3)28-22/h5-11,13,19H,12H2,1-4H3,(H,25,26)/t19-/m1/s1. The number of rotatable bonds is 7. The van der Waals surface area contributed by atoms with Gasteiger partial charge in [0.2, 0.25) is 11.8 Å². The van der Waals surface area contributed by atoms with E-state index < -0.39 is 11.9 Å². The Morgan fingerprint density at radius 1 is 1.14 bits per heavy atom. The van der Waals surface area contributed by atoms with Crippen LogP contribution in [0.15, 0.2) is 46.9 Å². The van der Waals surface area contributed by atoms with Crippen molar-refractivity contribution in [1.82, 2.24) is 10.2 Å². The molecule has 1 heterocycles. The van der Waals surface area contributed by atoms with Crippen molar-refractivity contribution in [3.05, 3.63) is 65.4 Å². The van der Waals surface area contributed by atoms with Crippen LogP contribution in [0, 0.1) is 6.92 Å². The number of methoxy groups -OCH3 is 1. The first-order valence-corrected chi connectivity index (χ1v) is 9.19. The van der Waals surface area contributed by atoms with Crippen LogP contribution in [0.5, 0.6) is 5.75 Å². The summed E-state index contributed by atoms with van der Waals surface area (Å²) in [5, 5.41) is 17.4. The fraction of sp³-hybridized carbons (Fsp3) is 0.318. The molecule has 1 aromatic heterocycles. The van der Waals surface area contributed by atoms with E-state index in [0.29, 0.717) is 11.8 Å². The Balaban J connectivity index is 2.18. The summed E-state index contributed by atoms with van der Waals surface area (Å²) in [7, 11) is 1.64. The molecule has 0 saturated carbocycles. The summed E-state index contributed by atoms with van der Waals surface area (Å²) in [6.45, 7) is 5.90. The normalized spacial score (nSPS) is 12.2. The van der Waals surface area contributed by atoms with Crippen LogP contribution in [0.2, 0.25) is 0 Å². The van der Waals surface area contributed by atoms with Crippen LogP contribution in [-0.4, -0.2) is 28.4 Å². The number of para-hydroxylation sites is 1. The molecule has 0 spiro atoms. The van der Waals surface area contributed by atoms with E-state index in [1.165, 1.54) is 0 Å². The molecule has 0 unspecified atom stereocenters. The molecule has 1 atom stereocenters. The van der Waals surface area contributed by atoms with E-state index >= 15 is 0 Å². The van der Waals surface area contributed by atoms with Crippen molar-refractivity contribution >= 4 is 5.97 Å². The van der Waals surface area contributed by atoms with Crippen LogP contribution in [-0.2, 0) is 4.79 Å². The minimum absolute atomic E-state index is 0.130. The van der Waals surface area contributed by atoms with Crippen LogP contribution < -0.4 is 4.74 Å². The molecule has 1 N–H and O–H groups in total. The average Bonchev–Trinajstić information content (AvgIpc) is 3.11. The average molecular weight is 380 g/mol. The molecule has 2 aromatic carbocycles. The molecule has 0 saturated heterocycles. The number of carboxylic acid groups (broad SMARTS) is 1. The van der Waals surface area contributed by atoms with Gasteiger partial charge in [0.15, 0.2) is 0 Å². The van der Waals surface area contributed by atoms with Gasteiger partial charge in [-0.1, -0.05) is 50.2 Å². The first-order valence-electron chi connectivity index (χ1n) is 9.19. The SMILES string of the molecule is COc1ccccc1-c1cc(C(C)C)cc([C@@H](CC(=O)O)c2nnc(C)o2)c1. The Hall–Kier alpha value is -3.15. The van der Waals surface area contributed by atoms with E-state index in [4.69, 9.17) is 9.15 Å². The zero-order valence-electron chi connectivity index (χ0n) is 16.5. The molecule has 0 radical (unpaired) electrons. The minimum Gasteiger partial charge on any atom is -0.496 e. The third-order valence-corrected chi connectivity index (χ3v) is 4.68. The second-order valence-corrected chi connectivity index (χ2v) is 7.05. The third-order valence-electron chi connectivity index (χ3n) is 4.68. The molecule has 3 aromatic rings. The van der Waals surface area contributed by atoms with Gasteiger partial charge in [0.05, 0.1) is 19.4 Å². The number of ether oxygens (including phenoxy) is 1. The van der Waals surface area contributed by atoms with Crippen molar-refractivity contribution < 1.29 is 19.1 Å². The Labute approximate surface area is 164 Å². The number of nitrogens with zero attached hydrogens (tertiary/aromatic N) is 2. The van der Waals surface area contributed by atoms with Gasteiger partial charge in [-0.2, -0.15) is 0 Å². The van der Waals surface area contributed by atoms with E-state index in [1.54, 1.807) is 14.0 Å². The molecule has 6 heteroatoms. The number of carbonyl (C=O) groups is 1. The third kappa shape index (κ3) is 4.22. The maximum Gasteiger partial charge on any atom is 0.304 e. The number of aromatic nitrogens is 2. The van der Waals surface area contributed by atoms with Gasteiger partial charge in [-0.15, -0.1) is 10.2 Å². The molecule has 0 aliphatic heterocycles. The van der Waals surface area contributed by atoms with Gasteiger partial charge in [0, 0.05) is 12.5 Å². The summed E-state index contributed by atoms with van der Waals surface area (Å²) in [5.41, 5.74) is 3.85. The largest absolute Gasteiger partial charge is 0.496 e. The number of carboxylic acids is 1. The highest BCUT2D eigenvalue weighted by molar-refractivity contribution is 5.73. The fourth-order valence-corrected chi connectivity index (χ4v) is 3.22. The molecule has 0 amide bonds. The number of benzene rings is 2. The van der Waals surface area contributed by atoms with Crippen LogP contribution in [0.25, 0.3) is 11.1 Å². The first-order chi connectivity index (χ1) is 13.4. The number of hydrogen-bond acceptors (Lipinski definition) is 5. The smallest absolute Gasteiger partial charge is 0.304 e. The summed E-state index contributed by atoms with van der Waals surface area (Å²) in [6, 6.07) is 13.9. The first kappa shape index (κ1) is 19.6. The van der Waals surface area contributed by atoms with Crippen molar-refractivity contribution in [3.63, 3.8) is 0 Å². The van der Waals surface area contributed by atoms with Crippen LogP contribution in [0.1, 0.15) is 55.0 Å². The Bertz CT molecular complexity index is 978.